The van der Waals surface area contributed by atoms with Crippen molar-refractivity contribution < 1.29 is 27.4 Å². The third-order valence-electron chi connectivity index (χ3n) is 4.17. The number of fused-ring (bicyclic) bond motifs is 1. The van der Waals surface area contributed by atoms with Crippen molar-refractivity contribution in [1.82, 2.24) is 4.72 Å². The molecule has 1 N–H and O–H groups in total. The van der Waals surface area contributed by atoms with E-state index in [0.29, 0.717) is 36.8 Å². The first-order valence-corrected chi connectivity index (χ1v) is 10.8. The van der Waals surface area contributed by atoms with Gasteiger partial charge < -0.3 is 14.2 Å². The second-order valence-electron chi connectivity index (χ2n) is 6.28. The molecule has 0 spiro atoms. The number of carbonyl (C=O) groups excluding carboxylic acids is 1. The summed E-state index contributed by atoms with van der Waals surface area (Å²) in [6.45, 7) is 3.16. The largest absolute Gasteiger partial charge is 0.494 e. The zero-order chi connectivity index (χ0) is 20.7. The summed E-state index contributed by atoms with van der Waals surface area (Å²) in [5.41, 5.74) is 0.415. The molecule has 156 valence electrons. The maximum atomic E-state index is 12.6. The van der Waals surface area contributed by atoms with Crippen molar-refractivity contribution in [2.45, 2.75) is 19.8 Å². The molecule has 0 atom stereocenters. The highest BCUT2D eigenvalue weighted by Crippen LogP contribution is 2.32. The van der Waals surface area contributed by atoms with Crippen molar-refractivity contribution in [2.24, 2.45) is 0 Å². The van der Waals surface area contributed by atoms with Crippen LogP contribution in [0.3, 0.4) is 0 Å². The van der Waals surface area contributed by atoms with Crippen LogP contribution in [0.15, 0.2) is 48.5 Å². The van der Waals surface area contributed by atoms with Gasteiger partial charge in [0.2, 0.25) is 5.91 Å². The Morgan fingerprint density at radius 1 is 1.10 bits per heavy atom. The van der Waals surface area contributed by atoms with E-state index in [9.17, 15) is 13.2 Å². The molecule has 2 aromatic rings. The van der Waals surface area contributed by atoms with Gasteiger partial charge in [0.25, 0.3) is 0 Å². The third kappa shape index (κ3) is 5.54. The minimum absolute atomic E-state index is 0.0300. The minimum atomic E-state index is -4.00. The summed E-state index contributed by atoms with van der Waals surface area (Å²) in [6, 6.07) is 14.0. The minimum Gasteiger partial charge on any atom is -0.494 e. The fourth-order valence-electron chi connectivity index (χ4n) is 2.87. The highest BCUT2D eigenvalue weighted by Gasteiger charge is 2.29. The van der Waals surface area contributed by atoms with Crippen LogP contribution in [0.4, 0.5) is 5.69 Å². The zero-order valence-corrected chi connectivity index (χ0v) is 17.0. The summed E-state index contributed by atoms with van der Waals surface area (Å²) < 4.78 is 44.8. The van der Waals surface area contributed by atoms with Crippen LogP contribution in [0.5, 0.6) is 17.2 Å². The number of carbonyl (C=O) groups is 1. The van der Waals surface area contributed by atoms with E-state index in [0.717, 1.165) is 10.1 Å². The fraction of sp³-hybridized carbons (Fsp3) is 0.350. The SMILES string of the molecule is CCOc1ccc(OCCCC(=O)NS(=O)(=O)N2CCOc3ccccc32)cc1. The predicted octanol–water partition coefficient (Wildman–Crippen LogP) is 2.50. The molecular formula is C20H24N2O6S. The number of hydrogen-bond acceptors (Lipinski definition) is 6. The number of benzene rings is 2. The van der Waals surface area contributed by atoms with Crippen molar-refractivity contribution in [2.75, 3.05) is 30.7 Å². The summed E-state index contributed by atoms with van der Waals surface area (Å²) in [7, 11) is -4.00. The van der Waals surface area contributed by atoms with Gasteiger partial charge in [0.15, 0.2) is 0 Å². The molecule has 0 saturated carbocycles. The molecule has 0 aromatic heterocycles. The van der Waals surface area contributed by atoms with Crippen LogP contribution < -0.4 is 23.2 Å². The van der Waals surface area contributed by atoms with Gasteiger partial charge in [-0.05, 0) is 49.7 Å². The highest BCUT2D eigenvalue weighted by atomic mass is 32.2. The molecule has 1 amide bonds. The molecule has 1 aliphatic rings. The van der Waals surface area contributed by atoms with Crippen molar-refractivity contribution in [3.8, 4) is 17.2 Å². The van der Waals surface area contributed by atoms with Gasteiger partial charge in [0.1, 0.15) is 23.9 Å². The Morgan fingerprint density at radius 3 is 2.52 bits per heavy atom. The molecule has 29 heavy (non-hydrogen) atoms. The molecule has 0 fully saturated rings. The Morgan fingerprint density at radius 2 is 1.79 bits per heavy atom. The monoisotopic (exact) mass is 420 g/mol. The van der Waals surface area contributed by atoms with Crippen LogP contribution in [0.1, 0.15) is 19.8 Å². The molecule has 0 radical (unpaired) electrons. The van der Waals surface area contributed by atoms with E-state index in [1.165, 1.54) is 0 Å². The first kappa shape index (κ1) is 20.8. The highest BCUT2D eigenvalue weighted by molar-refractivity contribution is 7.91. The lowest BCUT2D eigenvalue weighted by molar-refractivity contribution is -0.119. The Hall–Kier alpha value is -2.94. The Balaban J connectivity index is 1.47. The van der Waals surface area contributed by atoms with Crippen molar-refractivity contribution in [3.05, 3.63) is 48.5 Å². The normalized spacial score (nSPS) is 13.2. The van der Waals surface area contributed by atoms with Crippen LogP contribution in [0.25, 0.3) is 0 Å². The molecule has 0 unspecified atom stereocenters. The standard InChI is InChI=1S/C20H24N2O6S/c1-2-26-16-9-11-17(12-10-16)27-14-5-8-20(23)21-29(24,25)22-13-15-28-19-7-4-3-6-18(19)22/h3-4,6-7,9-12H,2,5,8,13-15H2,1H3,(H,21,23). The smallest absolute Gasteiger partial charge is 0.326 e. The summed E-state index contributed by atoms with van der Waals surface area (Å²) in [4.78, 5) is 12.1. The van der Waals surface area contributed by atoms with Gasteiger partial charge in [-0.2, -0.15) is 8.42 Å². The van der Waals surface area contributed by atoms with Gasteiger partial charge in [-0.25, -0.2) is 9.03 Å². The lowest BCUT2D eigenvalue weighted by atomic mass is 10.2. The first-order valence-electron chi connectivity index (χ1n) is 9.40. The number of amides is 1. The maximum absolute atomic E-state index is 12.6. The molecule has 0 saturated heterocycles. The lowest BCUT2D eigenvalue weighted by Crippen LogP contribution is -2.46. The lowest BCUT2D eigenvalue weighted by Gasteiger charge is -2.30. The number of para-hydroxylation sites is 2. The van der Waals surface area contributed by atoms with Crippen LogP contribution in [0.2, 0.25) is 0 Å². The molecule has 1 heterocycles. The van der Waals surface area contributed by atoms with Crippen LogP contribution in [-0.4, -0.2) is 40.7 Å². The number of ether oxygens (including phenoxy) is 3. The quantitative estimate of drug-likeness (QED) is 0.627. The molecule has 0 bridgehead atoms. The average molecular weight is 420 g/mol. The Labute approximate surface area is 170 Å². The van der Waals surface area contributed by atoms with Crippen LogP contribution in [-0.2, 0) is 15.0 Å². The second-order valence-corrected chi connectivity index (χ2v) is 7.87. The van der Waals surface area contributed by atoms with Gasteiger partial charge in [-0.1, -0.05) is 12.1 Å². The Bertz CT molecular complexity index is 930. The number of hydrogen-bond donors (Lipinski definition) is 1. The van der Waals surface area contributed by atoms with Gasteiger partial charge in [0, 0.05) is 6.42 Å². The number of nitrogens with zero attached hydrogens (tertiary/aromatic N) is 1. The van der Waals surface area contributed by atoms with Crippen LogP contribution in [0, 0.1) is 0 Å². The van der Waals surface area contributed by atoms with Crippen LogP contribution >= 0.6 is 0 Å². The van der Waals surface area contributed by atoms with E-state index in [2.05, 4.69) is 4.72 Å². The summed E-state index contributed by atoms with van der Waals surface area (Å²) in [5.74, 6) is 1.31. The number of rotatable bonds is 9. The summed E-state index contributed by atoms with van der Waals surface area (Å²) >= 11 is 0. The van der Waals surface area contributed by atoms with Gasteiger partial charge in [0.05, 0.1) is 25.4 Å². The average Bonchev–Trinajstić information content (AvgIpc) is 2.72. The van der Waals surface area contributed by atoms with E-state index in [-0.39, 0.29) is 19.6 Å². The van der Waals surface area contributed by atoms with E-state index < -0.39 is 16.1 Å². The number of anilines is 1. The molecular weight excluding hydrogens is 396 g/mol. The summed E-state index contributed by atoms with van der Waals surface area (Å²) in [5, 5.41) is 0. The summed E-state index contributed by atoms with van der Waals surface area (Å²) in [6.07, 6.45) is 0.413. The first-order chi connectivity index (χ1) is 14.0. The second kappa shape index (κ2) is 9.51. The van der Waals surface area contributed by atoms with Gasteiger partial charge in [-0.3, -0.25) is 4.79 Å². The molecule has 0 aliphatic carbocycles. The van der Waals surface area contributed by atoms with Crippen molar-refractivity contribution in [1.29, 1.82) is 0 Å². The van der Waals surface area contributed by atoms with E-state index in [1.807, 2.05) is 6.92 Å². The van der Waals surface area contributed by atoms with Crippen molar-refractivity contribution >= 4 is 21.8 Å². The molecule has 8 nitrogen and oxygen atoms in total. The maximum Gasteiger partial charge on any atom is 0.326 e. The predicted molar refractivity (Wildman–Crippen MR) is 109 cm³/mol. The Kier molecular flexibility index (Phi) is 6.82. The fourth-order valence-corrected chi connectivity index (χ4v) is 4.09. The van der Waals surface area contributed by atoms with Gasteiger partial charge >= 0.3 is 10.2 Å². The topological polar surface area (TPSA) is 94.2 Å². The zero-order valence-electron chi connectivity index (χ0n) is 16.2. The molecule has 1 aliphatic heterocycles. The third-order valence-corrected chi connectivity index (χ3v) is 5.62. The van der Waals surface area contributed by atoms with Gasteiger partial charge in [-0.15, -0.1) is 0 Å². The number of nitrogens with one attached hydrogen (secondary N) is 1. The molecule has 3 rings (SSSR count). The van der Waals surface area contributed by atoms with E-state index in [4.69, 9.17) is 14.2 Å². The van der Waals surface area contributed by atoms with E-state index in [1.54, 1.807) is 48.5 Å². The molecule has 2 aromatic carbocycles. The van der Waals surface area contributed by atoms with Crippen molar-refractivity contribution in [3.63, 3.8) is 0 Å². The molecule has 9 heteroatoms. The van der Waals surface area contributed by atoms with E-state index >= 15 is 0 Å².